The van der Waals surface area contributed by atoms with Gasteiger partial charge in [-0.1, -0.05) is 64.3 Å². The molecule has 2 fully saturated rings. The second-order valence-electron chi connectivity index (χ2n) is 10.7. The molecule has 2 aliphatic carbocycles. The maximum atomic E-state index is 11.8. The van der Waals surface area contributed by atoms with Gasteiger partial charge in [0.1, 0.15) is 11.9 Å². The number of allylic oxidation sites excluding steroid dienone is 4. The van der Waals surface area contributed by atoms with Crippen molar-refractivity contribution in [2.75, 3.05) is 6.61 Å². The normalized spacial score (nSPS) is 27.7. The van der Waals surface area contributed by atoms with Crippen molar-refractivity contribution in [2.24, 2.45) is 23.7 Å². The molecule has 2 rings (SSSR count). The maximum absolute atomic E-state index is 11.8. The Morgan fingerprint density at radius 3 is 2.71 bits per heavy atom. The summed E-state index contributed by atoms with van der Waals surface area (Å²) in [6.07, 6.45) is 15.3. The third-order valence-electron chi connectivity index (χ3n) is 7.75. The first-order valence-corrected chi connectivity index (χ1v) is 13.4. The number of rotatable bonds is 14. The Morgan fingerprint density at radius 1 is 1.24 bits per heavy atom. The van der Waals surface area contributed by atoms with Crippen LogP contribution in [0.1, 0.15) is 91.9 Å². The summed E-state index contributed by atoms with van der Waals surface area (Å²) in [5, 5.41) is 21.0. The van der Waals surface area contributed by atoms with Crippen molar-refractivity contribution in [1.82, 2.24) is 0 Å². The third-order valence-corrected chi connectivity index (χ3v) is 7.75. The van der Waals surface area contributed by atoms with Crippen molar-refractivity contribution in [3.63, 3.8) is 0 Å². The number of aliphatic hydroxyl groups is 2. The summed E-state index contributed by atoms with van der Waals surface area (Å²) in [6.45, 7) is 11.8. The number of hydrogen-bond acceptors (Lipinski definition) is 5. The smallest absolute Gasteiger partial charge is 0.344 e. The third kappa shape index (κ3) is 9.58. The number of unbranched alkanes of at least 4 members (excludes halogenated alkanes) is 2. The minimum atomic E-state index is -0.381. The minimum absolute atomic E-state index is 0.135. The van der Waals surface area contributed by atoms with E-state index in [2.05, 4.69) is 19.6 Å². The van der Waals surface area contributed by atoms with Crippen LogP contribution in [0.15, 0.2) is 36.1 Å². The zero-order valence-electron chi connectivity index (χ0n) is 21.9. The Labute approximate surface area is 207 Å². The Hall–Kier alpha value is -1.59. The topological polar surface area (TPSA) is 76.0 Å². The summed E-state index contributed by atoms with van der Waals surface area (Å²) in [5.74, 6) is 1.71. The fraction of sp³-hybridized carbons (Fsp3) is 0.759. The molecule has 0 heterocycles. The largest absolute Gasteiger partial charge is 0.483 e. The van der Waals surface area contributed by atoms with E-state index in [1.165, 1.54) is 18.4 Å². The Morgan fingerprint density at radius 2 is 2.00 bits per heavy atom. The number of carbonyl (C=O) groups excluding carboxylic acids is 1. The number of ether oxygens (including phenoxy) is 2. The molecule has 0 aromatic heterocycles. The van der Waals surface area contributed by atoms with E-state index in [1.807, 2.05) is 26.8 Å². The number of esters is 1. The lowest BCUT2D eigenvalue weighted by Crippen LogP contribution is -2.25. The van der Waals surface area contributed by atoms with Gasteiger partial charge in [-0.25, -0.2) is 4.79 Å². The summed E-state index contributed by atoms with van der Waals surface area (Å²) < 4.78 is 10.7. The van der Waals surface area contributed by atoms with E-state index in [0.29, 0.717) is 17.6 Å². The van der Waals surface area contributed by atoms with Crippen LogP contribution in [0.2, 0.25) is 0 Å². The van der Waals surface area contributed by atoms with Crippen molar-refractivity contribution in [2.45, 2.75) is 110 Å². The molecule has 0 amide bonds. The standard InChI is InChI=1S/C29H48O5/c1-6-7-8-12-25(30)15-16-26-27-17-23(13-14-24(27)18-28(26)31)11-9-10-21(4)33-19-29(32)34-22(5)20(2)3/h9-11,20,22,24-28,30-31H,4,6-8,12-19H2,1-3,5H3/b10-9-,23-11+/t22-,24+,25-,26-,27+,28-/m1/s1. The van der Waals surface area contributed by atoms with Gasteiger partial charge in [-0.2, -0.15) is 0 Å². The van der Waals surface area contributed by atoms with E-state index in [-0.39, 0.29) is 42.7 Å². The highest BCUT2D eigenvalue weighted by atomic mass is 16.6. The van der Waals surface area contributed by atoms with Crippen LogP contribution >= 0.6 is 0 Å². The van der Waals surface area contributed by atoms with Crippen molar-refractivity contribution in [3.8, 4) is 0 Å². The highest BCUT2D eigenvalue weighted by Crippen LogP contribution is 2.49. The molecule has 5 heteroatoms. The van der Waals surface area contributed by atoms with Crippen LogP contribution in [0.25, 0.3) is 0 Å². The van der Waals surface area contributed by atoms with Crippen LogP contribution in [0.5, 0.6) is 0 Å². The second-order valence-corrected chi connectivity index (χ2v) is 10.7. The number of carbonyl (C=O) groups is 1. The summed E-state index contributed by atoms with van der Waals surface area (Å²) >= 11 is 0. The van der Waals surface area contributed by atoms with Crippen LogP contribution in [-0.2, 0) is 14.3 Å². The SMILES string of the molecule is C=C(/C=C\C=C1/CC[C@H]2C[C@@H](O)[C@H](CC[C@H](O)CCCCC)[C@H]2C1)OCC(=O)O[C@H](C)C(C)C. The summed E-state index contributed by atoms with van der Waals surface area (Å²) in [6, 6.07) is 0. The van der Waals surface area contributed by atoms with Gasteiger partial charge in [-0.15, -0.1) is 0 Å². The molecule has 2 N–H and O–H groups in total. The van der Waals surface area contributed by atoms with Gasteiger partial charge in [0.05, 0.1) is 12.2 Å². The highest BCUT2D eigenvalue weighted by Gasteiger charge is 2.43. The van der Waals surface area contributed by atoms with Crippen LogP contribution in [0.4, 0.5) is 0 Å². The summed E-state index contributed by atoms with van der Waals surface area (Å²) in [7, 11) is 0. The van der Waals surface area contributed by atoms with Gasteiger partial charge in [-0.05, 0) is 81.6 Å². The lowest BCUT2D eigenvalue weighted by Gasteiger charge is -2.31. The zero-order chi connectivity index (χ0) is 25.1. The van der Waals surface area contributed by atoms with Crippen molar-refractivity contribution in [1.29, 1.82) is 0 Å². The van der Waals surface area contributed by atoms with Crippen LogP contribution < -0.4 is 0 Å². The minimum Gasteiger partial charge on any atom is -0.483 e. The van der Waals surface area contributed by atoms with Crippen LogP contribution in [0.3, 0.4) is 0 Å². The fourth-order valence-electron chi connectivity index (χ4n) is 5.31. The first-order chi connectivity index (χ1) is 16.2. The van der Waals surface area contributed by atoms with Crippen molar-refractivity contribution < 1.29 is 24.5 Å². The van der Waals surface area contributed by atoms with Crippen molar-refractivity contribution >= 4 is 5.97 Å². The molecule has 5 nitrogen and oxygen atoms in total. The Bertz CT molecular complexity index is 695. The average Bonchev–Trinajstić information content (AvgIpc) is 3.10. The first-order valence-electron chi connectivity index (χ1n) is 13.4. The van der Waals surface area contributed by atoms with Gasteiger partial charge in [-0.3, -0.25) is 0 Å². The molecule has 0 spiro atoms. The van der Waals surface area contributed by atoms with Gasteiger partial charge in [0.2, 0.25) is 0 Å². The van der Waals surface area contributed by atoms with E-state index < -0.39 is 0 Å². The van der Waals surface area contributed by atoms with E-state index in [1.54, 1.807) is 6.08 Å². The van der Waals surface area contributed by atoms with Gasteiger partial charge in [0.25, 0.3) is 0 Å². The molecule has 0 radical (unpaired) electrons. The molecule has 34 heavy (non-hydrogen) atoms. The van der Waals surface area contributed by atoms with E-state index in [4.69, 9.17) is 9.47 Å². The Balaban J connectivity index is 1.79. The molecular formula is C29H48O5. The van der Waals surface area contributed by atoms with Crippen molar-refractivity contribution in [3.05, 3.63) is 36.1 Å². The van der Waals surface area contributed by atoms with Gasteiger partial charge in [0, 0.05) is 0 Å². The quantitative estimate of drug-likeness (QED) is 0.137. The first kappa shape index (κ1) is 28.6. The number of fused-ring (bicyclic) bond motifs is 1. The molecule has 2 aliphatic rings. The molecule has 0 saturated heterocycles. The molecule has 0 bridgehead atoms. The lowest BCUT2D eigenvalue weighted by atomic mass is 9.74. The molecular weight excluding hydrogens is 428 g/mol. The predicted molar refractivity (Wildman–Crippen MR) is 137 cm³/mol. The van der Waals surface area contributed by atoms with Crippen LogP contribution in [0, 0.1) is 23.7 Å². The molecule has 6 atom stereocenters. The van der Waals surface area contributed by atoms with Gasteiger partial charge in [0.15, 0.2) is 6.61 Å². The molecule has 0 aliphatic heterocycles. The highest BCUT2D eigenvalue weighted by molar-refractivity contribution is 5.71. The fourth-order valence-corrected chi connectivity index (χ4v) is 5.31. The number of hydrogen-bond donors (Lipinski definition) is 2. The lowest BCUT2D eigenvalue weighted by molar-refractivity contribution is -0.154. The molecule has 0 aromatic rings. The Kier molecular flexibility index (Phi) is 12.4. The monoisotopic (exact) mass is 476 g/mol. The summed E-state index contributed by atoms with van der Waals surface area (Å²) in [4.78, 5) is 11.8. The zero-order valence-corrected chi connectivity index (χ0v) is 21.9. The average molecular weight is 477 g/mol. The molecule has 0 unspecified atom stereocenters. The molecule has 0 aromatic carbocycles. The summed E-state index contributed by atoms with van der Waals surface area (Å²) in [5.41, 5.74) is 1.39. The van der Waals surface area contributed by atoms with E-state index >= 15 is 0 Å². The molecule has 194 valence electrons. The maximum Gasteiger partial charge on any atom is 0.344 e. The second kappa shape index (κ2) is 14.7. The van der Waals surface area contributed by atoms with E-state index in [0.717, 1.165) is 51.4 Å². The van der Waals surface area contributed by atoms with Gasteiger partial charge >= 0.3 is 5.97 Å². The number of aliphatic hydroxyl groups excluding tert-OH is 2. The van der Waals surface area contributed by atoms with E-state index in [9.17, 15) is 15.0 Å². The van der Waals surface area contributed by atoms with Crippen LogP contribution in [-0.4, -0.2) is 41.1 Å². The van der Waals surface area contributed by atoms with Gasteiger partial charge < -0.3 is 19.7 Å². The molecule has 2 saturated carbocycles. The predicted octanol–water partition coefficient (Wildman–Crippen LogP) is 6.11.